The summed E-state index contributed by atoms with van der Waals surface area (Å²) >= 11 is 5.52. The topological polar surface area (TPSA) is 88.7 Å². The average molecular weight is 516 g/mol. The summed E-state index contributed by atoms with van der Waals surface area (Å²) in [6, 6.07) is 23.9. The molecule has 1 aliphatic rings. The van der Waals surface area contributed by atoms with Crippen molar-refractivity contribution in [2.24, 2.45) is 0 Å². The first-order valence-corrected chi connectivity index (χ1v) is 12.4. The zero-order valence-corrected chi connectivity index (χ0v) is 21.7. The van der Waals surface area contributed by atoms with Crippen LogP contribution in [0.1, 0.15) is 36.6 Å². The van der Waals surface area contributed by atoms with Crippen molar-refractivity contribution < 1.29 is 19.1 Å². The van der Waals surface area contributed by atoms with Crippen molar-refractivity contribution in [1.82, 2.24) is 10.6 Å². The predicted molar refractivity (Wildman–Crippen MR) is 148 cm³/mol. The van der Waals surface area contributed by atoms with Gasteiger partial charge in [0.05, 0.1) is 23.9 Å². The number of rotatable bonds is 8. The Kier molecular flexibility index (Phi) is 8.20. The first-order chi connectivity index (χ1) is 17.9. The van der Waals surface area contributed by atoms with E-state index < -0.39 is 18.1 Å². The summed E-state index contributed by atoms with van der Waals surface area (Å²) < 4.78 is 10.7. The van der Waals surface area contributed by atoms with E-state index in [1.54, 1.807) is 26.0 Å². The van der Waals surface area contributed by atoms with Crippen LogP contribution in [0.15, 0.2) is 84.4 Å². The Balaban J connectivity index is 1.69. The lowest BCUT2D eigenvalue weighted by Gasteiger charge is -2.32. The molecule has 0 bridgehead atoms. The van der Waals surface area contributed by atoms with E-state index in [0.29, 0.717) is 27.8 Å². The molecule has 1 heterocycles. The second-order valence-corrected chi connectivity index (χ2v) is 9.00. The standard InChI is InChI=1S/C29H29N3O4S/c1-4-35-28(34)19(3)36-23-16-12-21(13-17-23)26-24(27(33)30-22-14-10-18(2)11-15-22)25(31-29(37)32-26)20-8-6-5-7-9-20/h5-17,19,26H,4H2,1-3H3,(H,30,33)(H2,31,32,37)/t19-,26+/m1/s1. The average Bonchev–Trinajstić information content (AvgIpc) is 2.90. The lowest BCUT2D eigenvalue weighted by Crippen LogP contribution is -2.45. The van der Waals surface area contributed by atoms with E-state index in [9.17, 15) is 9.59 Å². The first kappa shape index (κ1) is 25.9. The van der Waals surface area contributed by atoms with Crippen molar-refractivity contribution in [3.8, 4) is 5.75 Å². The number of anilines is 1. The van der Waals surface area contributed by atoms with Crippen molar-refractivity contribution >= 4 is 40.6 Å². The van der Waals surface area contributed by atoms with E-state index in [1.165, 1.54) is 0 Å². The number of nitrogens with one attached hydrogen (secondary N) is 3. The van der Waals surface area contributed by atoms with Gasteiger partial charge in [-0.25, -0.2) is 4.79 Å². The Morgan fingerprint density at radius 2 is 1.68 bits per heavy atom. The molecule has 1 aliphatic heterocycles. The predicted octanol–water partition coefficient (Wildman–Crippen LogP) is 4.89. The van der Waals surface area contributed by atoms with Crippen LogP contribution in [0, 0.1) is 6.92 Å². The highest BCUT2D eigenvalue weighted by Gasteiger charge is 2.32. The van der Waals surface area contributed by atoms with Gasteiger partial charge >= 0.3 is 5.97 Å². The molecule has 7 nitrogen and oxygen atoms in total. The van der Waals surface area contributed by atoms with Crippen LogP contribution in [-0.2, 0) is 14.3 Å². The molecule has 0 radical (unpaired) electrons. The molecule has 1 amide bonds. The van der Waals surface area contributed by atoms with Crippen LogP contribution in [0.3, 0.4) is 0 Å². The molecule has 2 atom stereocenters. The lowest BCUT2D eigenvalue weighted by atomic mass is 9.92. The highest BCUT2D eigenvalue weighted by atomic mass is 32.1. The van der Waals surface area contributed by atoms with Crippen LogP contribution < -0.4 is 20.7 Å². The number of ether oxygens (including phenoxy) is 2. The minimum absolute atomic E-state index is 0.258. The van der Waals surface area contributed by atoms with Crippen molar-refractivity contribution in [2.45, 2.75) is 32.9 Å². The number of carbonyl (C=O) groups is 2. The Morgan fingerprint density at radius 3 is 2.32 bits per heavy atom. The molecule has 190 valence electrons. The summed E-state index contributed by atoms with van der Waals surface area (Å²) in [7, 11) is 0. The van der Waals surface area contributed by atoms with Gasteiger partial charge in [0, 0.05) is 5.69 Å². The molecule has 3 N–H and O–H groups in total. The highest BCUT2D eigenvalue weighted by Crippen LogP contribution is 2.33. The number of hydrogen-bond acceptors (Lipinski definition) is 5. The van der Waals surface area contributed by atoms with Crippen LogP contribution in [0.2, 0.25) is 0 Å². The molecule has 0 aliphatic carbocycles. The zero-order valence-electron chi connectivity index (χ0n) is 20.9. The quantitative estimate of drug-likeness (QED) is 0.291. The van der Waals surface area contributed by atoms with Gasteiger partial charge in [0.25, 0.3) is 5.91 Å². The minimum atomic E-state index is -0.740. The molecular weight excluding hydrogens is 486 g/mol. The van der Waals surface area contributed by atoms with Crippen molar-refractivity contribution in [3.63, 3.8) is 0 Å². The monoisotopic (exact) mass is 515 g/mol. The van der Waals surface area contributed by atoms with Gasteiger partial charge in [0.1, 0.15) is 5.75 Å². The summed E-state index contributed by atoms with van der Waals surface area (Å²) in [5, 5.41) is 9.85. The Morgan fingerprint density at radius 1 is 1.00 bits per heavy atom. The van der Waals surface area contributed by atoms with Gasteiger partial charge in [-0.3, -0.25) is 4.79 Å². The fraction of sp³-hybridized carbons (Fsp3) is 0.207. The number of aryl methyl sites for hydroxylation is 1. The fourth-order valence-electron chi connectivity index (χ4n) is 3.98. The number of thiocarbonyl (C=S) groups is 1. The maximum absolute atomic E-state index is 13.7. The SMILES string of the molecule is CCOC(=O)[C@@H](C)Oc1ccc([C@@H]2NC(=S)NC(c3ccccc3)=C2C(=O)Nc2ccc(C)cc2)cc1. The second-order valence-electron chi connectivity index (χ2n) is 8.59. The third kappa shape index (κ3) is 6.34. The summed E-state index contributed by atoms with van der Waals surface area (Å²) in [5.74, 6) is -0.173. The van der Waals surface area contributed by atoms with Crippen LogP contribution in [0.4, 0.5) is 5.69 Å². The van der Waals surface area contributed by atoms with Gasteiger partial charge in [0.2, 0.25) is 0 Å². The largest absolute Gasteiger partial charge is 0.479 e. The molecule has 3 aromatic rings. The Hall–Kier alpha value is -4.17. The number of benzene rings is 3. The molecule has 8 heteroatoms. The summed E-state index contributed by atoms with van der Waals surface area (Å²) in [4.78, 5) is 25.6. The number of hydrogen-bond donors (Lipinski definition) is 3. The second kappa shape index (κ2) is 11.7. The molecule has 0 unspecified atom stereocenters. The molecule has 0 saturated carbocycles. The number of esters is 1. The fourth-order valence-corrected chi connectivity index (χ4v) is 4.20. The van der Waals surface area contributed by atoms with Gasteiger partial charge in [0.15, 0.2) is 11.2 Å². The molecule has 3 aromatic carbocycles. The highest BCUT2D eigenvalue weighted by molar-refractivity contribution is 7.80. The molecule has 37 heavy (non-hydrogen) atoms. The summed E-state index contributed by atoms with van der Waals surface area (Å²) in [5.41, 5.74) is 4.57. The van der Waals surface area contributed by atoms with Crippen LogP contribution in [0.5, 0.6) is 5.75 Å². The normalized spacial score (nSPS) is 15.8. The van der Waals surface area contributed by atoms with Crippen molar-refractivity contribution in [3.05, 3.63) is 101 Å². The van der Waals surface area contributed by atoms with E-state index in [-0.39, 0.29) is 12.5 Å². The Labute approximate surface area is 221 Å². The van der Waals surface area contributed by atoms with Gasteiger partial charge in [-0.2, -0.15) is 0 Å². The molecule has 4 rings (SSSR count). The lowest BCUT2D eigenvalue weighted by molar-refractivity contribution is -0.150. The van der Waals surface area contributed by atoms with Crippen LogP contribution in [0.25, 0.3) is 5.70 Å². The minimum Gasteiger partial charge on any atom is -0.479 e. The van der Waals surface area contributed by atoms with Crippen LogP contribution >= 0.6 is 12.2 Å². The van der Waals surface area contributed by atoms with E-state index >= 15 is 0 Å². The summed E-state index contributed by atoms with van der Waals surface area (Å²) in [6.07, 6.45) is -0.740. The van der Waals surface area contributed by atoms with Crippen molar-refractivity contribution in [1.29, 1.82) is 0 Å². The molecular formula is C29H29N3O4S. The van der Waals surface area contributed by atoms with E-state index in [4.69, 9.17) is 21.7 Å². The molecule has 0 spiro atoms. The number of carbonyl (C=O) groups excluding carboxylic acids is 2. The third-order valence-electron chi connectivity index (χ3n) is 5.83. The van der Waals surface area contributed by atoms with Gasteiger partial charge in [-0.1, -0.05) is 60.2 Å². The third-order valence-corrected chi connectivity index (χ3v) is 6.05. The zero-order chi connectivity index (χ0) is 26.4. The maximum Gasteiger partial charge on any atom is 0.347 e. The first-order valence-electron chi connectivity index (χ1n) is 12.0. The van der Waals surface area contributed by atoms with Gasteiger partial charge < -0.3 is 25.4 Å². The van der Waals surface area contributed by atoms with Gasteiger partial charge in [-0.15, -0.1) is 0 Å². The number of amides is 1. The maximum atomic E-state index is 13.7. The molecule has 0 saturated heterocycles. The van der Waals surface area contributed by atoms with E-state index in [1.807, 2.05) is 73.7 Å². The molecule has 0 aromatic heterocycles. The van der Waals surface area contributed by atoms with Crippen LogP contribution in [-0.4, -0.2) is 29.7 Å². The van der Waals surface area contributed by atoms with Gasteiger partial charge in [-0.05, 0) is 68.4 Å². The molecule has 0 fully saturated rings. The van der Waals surface area contributed by atoms with Crippen molar-refractivity contribution in [2.75, 3.05) is 11.9 Å². The summed E-state index contributed by atoms with van der Waals surface area (Å²) in [6.45, 7) is 5.67. The smallest absolute Gasteiger partial charge is 0.347 e. The Bertz CT molecular complexity index is 1310. The van der Waals surface area contributed by atoms with E-state index in [0.717, 1.165) is 16.7 Å². The van der Waals surface area contributed by atoms with E-state index in [2.05, 4.69) is 16.0 Å².